The number of aliphatic imine (C=N–C) groups is 2. The van der Waals surface area contributed by atoms with E-state index in [9.17, 15) is 0 Å². The zero-order valence-electron chi connectivity index (χ0n) is 8.15. The highest BCUT2D eigenvalue weighted by atomic mass is 16.5. The van der Waals surface area contributed by atoms with Crippen LogP contribution in [0.4, 0.5) is 0 Å². The van der Waals surface area contributed by atoms with Crippen LogP contribution in [-0.2, 0) is 4.74 Å². The molecule has 0 spiro atoms. The van der Waals surface area contributed by atoms with Crippen molar-refractivity contribution in [2.24, 2.45) is 27.2 Å². The van der Waals surface area contributed by atoms with Crippen LogP contribution in [0.25, 0.3) is 0 Å². The molecule has 6 heteroatoms. The predicted octanol–water partition coefficient (Wildman–Crippen LogP) is -0.856. The minimum Gasteiger partial charge on any atom is -0.378 e. The van der Waals surface area contributed by atoms with Crippen molar-refractivity contribution in [1.82, 2.24) is 0 Å². The third kappa shape index (κ3) is 4.08. The quantitative estimate of drug-likeness (QED) is 0.405. The zero-order chi connectivity index (χ0) is 10.4. The van der Waals surface area contributed by atoms with Gasteiger partial charge in [0.2, 0.25) is 5.96 Å². The number of guanidine groups is 2. The van der Waals surface area contributed by atoms with Gasteiger partial charge in [0, 0.05) is 13.2 Å². The highest BCUT2D eigenvalue weighted by Crippen LogP contribution is 2.14. The molecule has 14 heavy (non-hydrogen) atoms. The molecule has 0 aromatic carbocycles. The number of ether oxygens (including phenoxy) is 1. The lowest BCUT2D eigenvalue weighted by molar-refractivity contribution is 0.106. The molecule has 1 aliphatic rings. The van der Waals surface area contributed by atoms with Gasteiger partial charge in [-0.15, -0.1) is 0 Å². The Labute approximate surface area is 83.2 Å². The molecule has 1 unspecified atom stereocenters. The molecule has 6 N–H and O–H groups in total. The summed E-state index contributed by atoms with van der Waals surface area (Å²) in [5, 5.41) is 0. The van der Waals surface area contributed by atoms with Gasteiger partial charge in [-0.25, -0.2) is 0 Å². The van der Waals surface area contributed by atoms with E-state index in [4.69, 9.17) is 21.9 Å². The lowest BCUT2D eigenvalue weighted by atomic mass is 10.2. The second-order valence-corrected chi connectivity index (χ2v) is 3.20. The molecule has 1 aliphatic heterocycles. The molecule has 80 valence electrons. The minimum absolute atomic E-state index is 0.0663. The maximum atomic E-state index is 5.42. The van der Waals surface area contributed by atoms with E-state index in [2.05, 4.69) is 9.98 Å². The van der Waals surface area contributed by atoms with E-state index in [1.54, 1.807) is 0 Å². The fraction of sp³-hybridized carbons (Fsp3) is 0.750. The third-order valence-electron chi connectivity index (χ3n) is 1.99. The van der Waals surface area contributed by atoms with Crippen molar-refractivity contribution < 1.29 is 4.74 Å². The monoisotopic (exact) mass is 199 g/mol. The van der Waals surface area contributed by atoms with Crippen LogP contribution in [0.3, 0.4) is 0 Å². The number of rotatable bonds is 3. The van der Waals surface area contributed by atoms with Crippen LogP contribution in [0, 0.1) is 0 Å². The molecule has 0 aliphatic carbocycles. The van der Waals surface area contributed by atoms with Gasteiger partial charge in [-0.2, -0.15) is 4.99 Å². The molecule has 1 heterocycles. The van der Waals surface area contributed by atoms with Crippen molar-refractivity contribution in [1.29, 1.82) is 0 Å². The molecule has 1 rings (SSSR count). The first-order chi connectivity index (χ1) is 6.68. The van der Waals surface area contributed by atoms with Crippen molar-refractivity contribution in [3.05, 3.63) is 0 Å². The molecule has 0 aromatic rings. The Hall–Kier alpha value is -1.30. The van der Waals surface area contributed by atoms with Gasteiger partial charge in [0.05, 0.1) is 6.10 Å². The number of hydrogen-bond acceptors (Lipinski definition) is 2. The van der Waals surface area contributed by atoms with Crippen molar-refractivity contribution in [2.45, 2.75) is 25.4 Å². The second-order valence-electron chi connectivity index (χ2n) is 3.20. The molecule has 0 radical (unpaired) electrons. The summed E-state index contributed by atoms with van der Waals surface area (Å²) in [6.07, 6.45) is 3.45. The minimum atomic E-state index is -0.0663. The van der Waals surface area contributed by atoms with E-state index in [1.807, 2.05) is 0 Å². The number of nitrogens with two attached hydrogens (primary N) is 3. The van der Waals surface area contributed by atoms with Crippen LogP contribution in [0.5, 0.6) is 0 Å². The van der Waals surface area contributed by atoms with Crippen molar-refractivity contribution in [2.75, 3.05) is 13.2 Å². The molecule has 1 saturated heterocycles. The molecule has 1 fully saturated rings. The lowest BCUT2D eigenvalue weighted by Crippen LogP contribution is -2.26. The highest BCUT2D eigenvalue weighted by molar-refractivity contribution is 5.92. The zero-order valence-corrected chi connectivity index (χ0v) is 8.15. The summed E-state index contributed by atoms with van der Waals surface area (Å²) in [5.74, 6) is 0.0614. The van der Waals surface area contributed by atoms with Gasteiger partial charge in [-0.05, 0) is 19.3 Å². The van der Waals surface area contributed by atoms with Gasteiger partial charge in [-0.3, -0.25) is 4.99 Å². The van der Waals surface area contributed by atoms with Crippen molar-refractivity contribution in [3.8, 4) is 0 Å². The van der Waals surface area contributed by atoms with Crippen molar-refractivity contribution in [3.63, 3.8) is 0 Å². The molecule has 0 saturated carbocycles. The van der Waals surface area contributed by atoms with Crippen molar-refractivity contribution >= 4 is 11.9 Å². The van der Waals surface area contributed by atoms with Gasteiger partial charge in [0.15, 0.2) is 5.96 Å². The topological polar surface area (TPSA) is 112 Å². The first-order valence-corrected chi connectivity index (χ1v) is 4.69. The Bertz CT molecular complexity index is 228. The maximum absolute atomic E-state index is 5.42. The lowest BCUT2D eigenvalue weighted by Gasteiger charge is -2.05. The van der Waals surface area contributed by atoms with Gasteiger partial charge in [0.25, 0.3) is 0 Å². The summed E-state index contributed by atoms with van der Waals surface area (Å²) in [5.41, 5.74) is 15.7. The molecule has 0 bridgehead atoms. The summed E-state index contributed by atoms with van der Waals surface area (Å²) in [6, 6.07) is 0. The molecular weight excluding hydrogens is 182 g/mol. The predicted molar refractivity (Wildman–Crippen MR) is 55.9 cm³/mol. The third-order valence-corrected chi connectivity index (χ3v) is 1.99. The molecule has 0 amide bonds. The van der Waals surface area contributed by atoms with Crippen LogP contribution in [0.2, 0.25) is 0 Å². The van der Waals surface area contributed by atoms with E-state index in [-0.39, 0.29) is 11.9 Å². The van der Waals surface area contributed by atoms with E-state index in [0.29, 0.717) is 12.6 Å². The summed E-state index contributed by atoms with van der Waals surface area (Å²) in [6.45, 7) is 1.46. The van der Waals surface area contributed by atoms with E-state index in [1.165, 1.54) is 0 Å². The Kier molecular flexibility index (Phi) is 4.18. The molecular formula is C8H17N5O. The van der Waals surface area contributed by atoms with Crippen LogP contribution in [0.15, 0.2) is 9.98 Å². The standard InChI is InChI=1S/C8H17N5O/c9-7(10)13-8(11)12-4-3-6-2-1-5-14-6/h6H,1-5H2,(H6,9,10,11,12,13). The van der Waals surface area contributed by atoms with Gasteiger partial charge < -0.3 is 21.9 Å². The fourth-order valence-corrected chi connectivity index (χ4v) is 1.36. The molecule has 6 nitrogen and oxygen atoms in total. The maximum Gasteiger partial charge on any atom is 0.218 e. The summed E-state index contributed by atoms with van der Waals surface area (Å²) in [7, 11) is 0. The number of hydrogen-bond donors (Lipinski definition) is 3. The van der Waals surface area contributed by atoms with E-state index in [0.717, 1.165) is 25.9 Å². The van der Waals surface area contributed by atoms with Gasteiger partial charge in [-0.1, -0.05) is 0 Å². The average Bonchev–Trinajstić information content (AvgIpc) is 2.55. The highest BCUT2D eigenvalue weighted by Gasteiger charge is 2.14. The van der Waals surface area contributed by atoms with E-state index >= 15 is 0 Å². The molecule has 0 aromatic heterocycles. The normalized spacial score (nSPS) is 22.3. The fourth-order valence-electron chi connectivity index (χ4n) is 1.36. The number of nitrogens with zero attached hydrogens (tertiary/aromatic N) is 2. The molecule has 1 atom stereocenters. The SMILES string of the molecule is NC(N)=NC(N)=NCCC1CCCO1. The van der Waals surface area contributed by atoms with Crippen LogP contribution < -0.4 is 17.2 Å². The Morgan fingerprint density at radius 2 is 2.14 bits per heavy atom. The summed E-state index contributed by atoms with van der Waals surface area (Å²) in [4.78, 5) is 7.60. The van der Waals surface area contributed by atoms with Crippen LogP contribution in [-0.4, -0.2) is 31.2 Å². The Balaban J connectivity index is 2.21. The largest absolute Gasteiger partial charge is 0.378 e. The first kappa shape index (κ1) is 10.8. The van der Waals surface area contributed by atoms with Crippen LogP contribution >= 0.6 is 0 Å². The van der Waals surface area contributed by atoms with E-state index < -0.39 is 0 Å². The summed E-state index contributed by atoms with van der Waals surface area (Å²) < 4.78 is 5.42. The van der Waals surface area contributed by atoms with Gasteiger partial charge in [0.1, 0.15) is 0 Å². The second kappa shape index (κ2) is 5.43. The van der Waals surface area contributed by atoms with Gasteiger partial charge >= 0.3 is 0 Å². The first-order valence-electron chi connectivity index (χ1n) is 4.69. The summed E-state index contributed by atoms with van der Waals surface area (Å²) >= 11 is 0. The average molecular weight is 199 g/mol. The Morgan fingerprint density at radius 1 is 1.36 bits per heavy atom. The Morgan fingerprint density at radius 3 is 2.71 bits per heavy atom. The smallest absolute Gasteiger partial charge is 0.218 e. The van der Waals surface area contributed by atoms with Crippen LogP contribution in [0.1, 0.15) is 19.3 Å².